The van der Waals surface area contributed by atoms with Crippen molar-refractivity contribution < 1.29 is 58.9 Å². The van der Waals surface area contributed by atoms with Gasteiger partial charge in [-0.3, -0.25) is 6.08 Å². The molecular weight excluding hydrogens is 423 g/mol. The average molecular weight is 452 g/mol. The second kappa shape index (κ2) is 10.7. The smallest absolute Gasteiger partial charge is 1.00 e. The Bertz CT molecular complexity index is 641. The molecule has 0 spiro atoms. The summed E-state index contributed by atoms with van der Waals surface area (Å²) in [6, 6.07) is 4.50. The van der Waals surface area contributed by atoms with Crippen LogP contribution in [0.1, 0.15) is 42.5 Å². The number of benzene rings is 1. The first-order chi connectivity index (χ1) is 9.55. The van der Waals surface area contributed by atoms with Gasteiger partial charge in [0.15, 0.2) is 0 Å². The molecule has 0 heterocycles. The first-order valence-corrected chi connectivity index (χ1v) is 11.5. The molecule has 0 aliphatic heterocycles. The molecule has 0 unspecified atom stereocenters. The van der Waals surface area contributed by atoms with Gasteiger partial charge in [-0.2, -0.15) is 5.57 Å². The van der Waals surface area contributed by atoms with E-state index in [4.69, 9.17) is 0 Å². The molecule has 0 N–H and O–H groups in total. The van der Waals surface area contributed by atoms with E-state index in [1.807, 2.05) is 0 Å². The third-order valence-electron chi connectivity index (χ3n) is 4.93. The van der Waals surface area contributed by atoms with E-state index in [0.29, 0.717) is 0 Å². The van der Waals surface area contributed by atoms with Crippen molar-refractivity contribution in [2.24, 2.45) is 0 Å². The van der Waals surface area contributed by atoms with Crippen molar-refractivity contribution in [2.45, 2.75) is 66.1 Å². The Labute approximate surface area is 189 Å². The molecule has 1 aromatic carbocycles. The Kier molecular flexibility index (Phi) is 13.0. The van der Waals surface area contributed by atoms with Crippen LogP contribution in [0.5, 0.6) is 0 Å². The van der Waals surface area contributed by atoms with Gasteiger partial charge in [0.25, 0.3) is 0 Å². The minimum atomic E-state index is -1.25. The number of hydrogen-bond acceptors (Lipinski definition) is 0. The minimum absolute atomic E-state index is 0. The average Bonchev–Trinajstić information content (AvgIpc) is 2.84. The molecule has 5 heteroatoms. The Hall–Kier alpha value is 0.501. The summed E-state index contributed by atoms with van der Waals surface area (Å²) in [5.41, 5.74) is 7.25. The summed E-state index contributed by atoms with van der Waals surface area (Å²) in [5.74, 6) is 0. The van der Waals surface area contributed by atoms with Gasteiger partial charge in [-0.05, 0) is 48.4 Å². The summed E-state index contributed by atoms with van der Waals surface area (Å²) in [5, 5.41) is 1.49. The number of rotatable bonds is 3. The van der Waals surface area contributed by atoms with Crippen LogP contribution in [0.15, 0.2) is 29.0 Å². The second-order valence-corrected chi connectivity index (χ2v) is 13.0. The maximum atomic E-state index is 3.78. The van der Waals surface area contributed by atoms with Crippen LogP contribution in [-0.2, 0) is 27.1 Å². The van der Waals surface area contributed by atoms with E-state index < -0.39 is 8.07 Å². The molecule has 0 aromatic heterocycles. The number of aryl methyl sites for hydroxylation is 2. The minimum Gasteiger partial charge on any atom is -1.00 e. The molecule has 1 aliphatic carbocycles. The Morgan fingerprint density at radius 3 is 1.84 bits per heavy atom. The summed E-state index contributed by atoms with van der Waals surface area (Å²) in [7, 11) is -1.25. The number of halogens is 3. The summed E-state index contributed by atoms with van der Waals surface area (Å²) >= 11 is 0. The van der Waals surface area contributed by atoms with Gasteiger partial charge >= 0.3 is 21.7 Å². The Morgan fingerprint density at radius 2 is 1.40 bits per heavy atom. The van der Waals surface area contributed by atoms with Crippen LogP contribution >= 0.6 is 0 Å². The maximum absolute atomic E-state index is 3.78. The van der Waals surface area contributed by atoms with Crippen LogP contribution in [0, 0.1) is 26.8 Å². The zero-order chi connectivity index (χ0) is 16.0. The first-order valence-electron chi connectivity index (χ1n) is 7.96. The number of hydrogen-bond donors (Lipinski definition) is 0. The molecule has 138 valence electrons. The van der Waals surface area contributed by atoms with E-state index in [9.17, 15) is 0 Å². The van der Waals surface area contributed by atoms with Crippen molar-refractivity contribution in [1.82, 2.24) is 0 Å². The van der Waals surface area contributed by atoms with Crippen molar-refractivity contribution in [2.75, 3.05) is 0 Å². The molecular formula is C20H29Cl3SiTi. The van der Waals surface area contributed by atoms with Crippen molar-refractivity contribution in [3.8, 4) is 0 Å². The van der Waals surface area contributed by atoms with E-state index in [0.717, 1.165) is 6.42 Å². The molecule has 2 rings (SSSR count). The topological polar surface area (TPSA) is 0 Å². The predicted octanol–water partition coefficient (Wildman–Crippen LogP) is -3.16. The molecule has 0 saturated carbocycles. The summed E-state index contributed by atoms with van der Waals surface area (Å²) in [6.07, 6.45) is 7.27. The molecule has 1 aromatic rings. The van der Waals surface area contributed by atoms with E-state index in [-0.39, 0.29) is 64.4 Å². The maximum Gasteiger partial charge on any atom is 4.00 e. The molecule has 0 nitrogen and oxygen atoms in total. The molecule has 0 fully saturated rings. The van der Waals surface area contributed by atoms with E-state index >= 15 is 0 Å². The molecule has 0 bridgehead atoms. The van der Waals surface area contributed by atoms with Crippen LogP contribution in [-0.4, -0.2) is 8.07 Å². The van der Waals surface area contributed by atoms with Crippen molar-refractivity contribution >= 4 is 8.07 Å². The van der Waals surface area contributed by atoms with Gasteiger partial charge in [0, 0.05) is 8.07 Å². The molecule has 0 radical (unpaired) electrons. The molecule has 25 heavy (non-hydrogen) atoms. The van der Waals surface area contributed by atoms with Gasteiger partial charge in [0.2, 0.25) is 0 Å². The van der Waals surface area contributed by atoms with Gasteiger partial charge in [0.05, 0.1) is 0 Å². The Balaban J connectivity index is -0.00000121. The zero-order valence-corrected chi connectivity index (χ0v) is 21.4. The third kappa shape index (κ3) is 6.26. The van der Waals surface area contributed by atoms with Gasteiger partial charge in [-0.25, -0.2) is 11.3 Å². The fraction of sp³-hybridized carbons (Fsp3) is 0.500. The van der Waals surface area contributed by atoms with Gasteiger partial charge in [-0.1, -0.05) is 52.0 Å². The van der Waals surface area contributed by atoms with Crippen molar-refractivity contribution in [3.05, 3.63) is 57.3 Å². The van der Waals surface area contributed by atoms with Crippen LogP contribution < -0.4 is 37.2 Å². The van der Waals surface area contributed by atoms with E-state index in [2.05, 4.69) is 78.5 Å². The van der Waals surface area contributed by atoms with E-state index in [1.54, 1.807) is 0 Å². The van der Waals surface area contributed by atoms with Crippen LogP contribution in [0.3, 0.4) is 0 Å². The molecule has 0 atom stereocenters. The van der Waals surface area contributed by atoms with Crippen molar-refractivity contribution in [1.29, 1.82) is 0 Å². The predicted molar refractivity (Wildman–Crippen MR) is 96.5 cm³/mol. The van der Waals surface area contributed by atoms with Gasteiger partial charge < -0.3 is 37.2 Å². The van der Waals surface area contributed by atoms with Crippen LogP contribution in [0.2, 0.25) is 19.6 Å². The number of allylic oxidation sites excluding steroid dienone is 4. The first kappa shape index (κ1) is 30.2. The van der Waals surface area contributed by atoms with Crippen molar-refractivity contribution in [3.63, 3.8) is 0 Å². The van der Waals surface area contributed by atoms with Crippen LogP contribution in [0.25, 0.3) is 0 Å². The van der Waals surface area contributed by atoms with Gasteiger partial charge in [-0.15, -0.1) is 0 Å². The molecule has 0 amide bonds. The molecule has 1 aliphatic rings. The summed E-state index contributed by atoms with van der Waals surface area (Å²) < 4.78 is 0. The normalized spacial score (nSPS) is 13.4. The van der Waals surface area contributed by atoms with Crippen LogP contribution in [0.4, 0.5) is 0 Å². The molecule has 0 saturated heterocycles. The largest absolute Gasteiger partial charge is 4.00 e. The summed E-state index contributed by atoms with van der Waals surface area (Å²) in [6.45, 7) is 18.7. The van der Waals surface area contributed by atoms with Gasteiger partial charge in [0.1, 0.15) is 0 Å². The quantitative estimate of drug-likeness (QED) is 0.336. The zero-order valence-electron chi connectivity index (χ0n) is 16.6. The Morgan fingerprint density at radius 1 is 0.920 bits per heavy atom. The monoisotopic (exact) mass is 450 g/mol. The standard InChI is InChI=1S/C20H29Si.3ClH.Ti/c1-14-9-10-15(2)19(16(14)3)20(4,5)17-11-12-18(13-17)21(6,7)8;;;;/h9-10,12H,11H2,1-8H3;3*1H;/q-1;;;;+4/p-3. The fourth-order valence-corrected chi connectivity index (χ4v) is 4.68. The summed E-state index contributed by atoms with van der Waals surface area (Å²) in [4.78, 5) is 0. The van der Waals surface area contributed by atoms with E-state index in [1.165, 1.54) is 33.0 Å². The second-order valence-electron chi connectivity index (χ2n) is 8.00. The fourth-order valence-electron chi connectivity index (χ4n) is 3.44. The third-order valence-corrected chi connectivity index (χ3v) is 6.87. The SMILES string of the molecule is Cc1ccc(C)c(C(C)(C)C2=[C-]C([Si](C)(C)C)=CC2)c1C.[Cl-].[Cl-].[Cl-].[Ti+4].